The van der Waals surface area contributed by atoms with Gasteiger partial charge in [-0.3, -0.25) is 14.4 Å². The lowest BCUT2D eigenvalue weighted by molar-refractivity contribution is -0.161. The van der Waals surface area contributed by atoms with Crippen LogP contribution in [0.1, 0.15) is 60.3 Å². The van der Waals surface area contributed by atoms with Crippen LogP contribution in [-0.4, -0.2) is 83.9 Å². The maximum Gasteiger partial charge on any atom is 0.312 e. The Bertz CT molecular complexity index is 1100. The molecule has 1 aromatic rings. The predicted octanol–water partition coefficient (Wildman–Crippen LogP) is 3.54. The Morgan fingerprint density at radius 3 is 2.33 bits per heavy atom. The van der Waals surface area contributed by atoms with Crippen LogP contribution in [0.2, 0.25) is 0 Å². The molecule has 3 heterocycles. The first-order valence-electron chi connectivity index (χ1n) is 14.8. The van der Waals surface area contributed by atoms with Gasteiger partial charge in [-0.05, 0) is 70.7 Å². The second-order valence-corrected chi connectivity index (χ2v) is 11.0. The quantitative estimate of drug-likeness (QED) is 0.294. The Labute approximate surface area is 238 Å². The van der Waals surface area contributed by atoms with Gasteiger partial charge in [-0.15, -0.1) is 6.58 Å². The van der Waals surface area contributed by atoms with Crippen LogP contribution < -0.4 is 9.80 Å². The lowest BCUT2D eigenvalue weighted by atomic mass is 9.65. The molecule has 4 rings (SSSR count). The van der Waals surface area contributed by atoms with Crippen molar-refractivity contribution in [3.05, 3.63) is 36.9 Å². The lowest BCUT2D eigenvalue weighted by Gasteiger charge is -2.39. The number of carbonyl (C=O) groups excluding carboxylic acids is 3. The zero-order chi connectivity index (χ0) is 29.2. The summed E-state index contributed by atoms with van der Waals surface area (Å²) in [5.74, 6) is -2.71. The number of fused-ring (bicyclic) bond motifs is 1. The van der Waals surface area contributed by atoms with E-state index in [2.05, 4.69) is 25.3 Å². The topological polar surface area (TPSA) is 99.6 Å². The Hall–Kier alpha value is -2.91. The molecular formula is C31H45N3O6. The molecule has 1 aromatic carbocycles. The van der Waals surface area contributed by atoms with E-state index in [9.17, 15) is 19.5 Å². The molecule has 0 saturated carbocycles. The van der Waals surface area contributed by atoms with Gasteiger partial charge in [-0.25, -0.2) is 0 Å². The number of amides is 2. The molecule has 220 valence electrons. The minimum atomic E-state index is -1.18. The van der Waals surface area contributed by atoms with Crippen molar-refractivity contribution in [2.24, 2.45) is 11.8 Å². The van der Waals surface area contributed by atoms with Gasteiger partial charge >= 0.3 is 5.97 Å². The summed E-state index contributed by atoms with van der Waals surface area (Å²) in [4.78, 5) is 47.6. The monoisotopic (exact) mass is 555 g/mol. The molecule has 0 radical (unpaired) electrons. The average Bonchev–Trinajstić information content (AvgIpc) is 3.57. The van der Waals surface area contributed by atoms with E-state index in [1.165, 1.54) is 4.90 Å². The fourth-order valence-electron chi connectivity index (χ4n) is 7.36. The molecule has 3 aliphatic heterocycles. The normalized spacial score (nSPS) is 29.3. The van der Waals surface area contributed by atoms with E-state index in [4.69, 9.17) is 9.47 Å². The standard InChI is InChI=1S/C31H45N3O6/c1-7-19-33(23-15-13-22(14-16-23)32(10-4)11-5)28(37)26-31-18-17-30(9-3,40-31)25(29(38)39-12-6)24(31)27(36)34(26)21(8-2)20-35/h7,13-16,21,24-26,35H,1,8-12,17-20H2,2-6H3/t21-,24-,25+,26?,30-,31?/m0/s1. The van der Waals surface area contributed by atoms with Crippen LogP contribution in [0.25, 0.3) is 0 Å². The van der Waals surface area contributed by atoms with Crippen molar-refractivity contribution in [3.8, 4) is 0 Å². The molecule has 3 saturated heterocycles. The number of hydrogen-bond acceptors (Lipinski definition) is 7. The number of nitrogens with zero attached hydrogens (tertiary/aromatic N) is 3. The van der Waals surface area contributed by atoms with Crippen LogP contribution in [-0.2, 0) is 23.9 Å². The fourth-order valence-corrected chi connectivity index (χ4v) is 7.36. The maximum absolute atomic E-state index is 14.7. The number of likely N-dealkylation sites (tertiary alicyclic amines) is 1. The van der Waals surface area contributed by atoms with E-state index in [0.29, 0.717) is 31.4 Å². The van der Waals surface area contributed by atoms with Crippen LogP contribution >= 0.6 is 0 Å². The largest absolute Gasteiger partial charge is 0.466 e. The highest BCUT2D eigenvalue weighted by atomic mass is 16.6. The van der Waals surface area contributed by atoms with Gasteiger partial charge in [-0.1, -0.05) is 19.9 Å². The second kappa shape index (κ2) is 11.9. The van der Waals surface area contributed by atoms with E-state index in [-0.39, 0.29) is 31.6 Å². The van der Waals surface area contributed by atoms with E-state index >= 15 is 0 Å². The van der Waals surface area contributed by atoms with Gasteiger partial charge in [0.05, 0.1) is 30.8 Å². The van der Waals surface area contributed by atoms with Crippen LogP contribution in [0, 0.1) is 11.8 Å². The lowest BCUT2D eigenvalue weighted by Crippen LogP contribution is -2.59. The third-order valence-corrected chi connectivity index (χ3v) is 9.34. The number of aliphatic hydroxyl groups excluding tert-OH is 1. The molecule has 1 spiro atoms. The second-order valence-electron chi connectivity index (χ2n) is 11.0. The van der Waals surface area contributed by atoms with Gasteiger partial charge in [0.25, 0.3) is 5.91 Å². The number of ether oxygens (including phenoxy) is 2. The number of carbonyl (C=O) groups is 3. The number of esters is 1. The van der Waals surface area contributed by atoms with Crippen LogP contribution in [0.5, 0.6) is 0 Å². The fraction of sp³-hybridized carbons (Fsp3) is 0.645. The van der Waals surface area contributed by atoms with Gasteiger partial charge in [0.15, 0.2) is 0 Å². The van der Waals surface area contributed by atoms with Gasteiger partial charge in [0.1, 0.15) is 17.6 Å². The number of hydrogen-bond donors (Lipinski definition) is 1. The molecule has 2 amide bonds. The molecule has 0 aromatic heterocycles. The number of anilines is 2. The molecule has 9 nitrogen and oxygen atoms in total. The highest BCUT2D eigenvalue weighted by Gasteiger charge is 2.79. The SMILES string of the molecule is C=CCN(C(=O)C1N([C@@H](CC)CO)C(=O)[C@@H]2[C@H](C(=O)OCC)[C@]3(CC)CCC12O3)c1ccc(N(CC)CC)cc1. The Morgan fingerprint density at radius 2 is 1.80 bits per heavy atom. The van der Waals surface area contributed by atoms with Crippen LogP contribution in [0.4, 0.5) is 11.4 Å². The third-order valence-electron chi connectivity index (χ3n) is 9.34. The molecule has 2 bridgehead atoms. The Morgan fingerprint density at radius 1 is 1.15 bits per heavy atom. The molecule has 3 aliphatic rings. The highest BCUT2D eigenvalue weighted by molar-refractivity contribution is 6.05. The van der Waals surface area contributed by atoms with Crippen molar-refractivity contribution < 1.29 is 29.0 Å². The summed E-state index contributed by atoms with van der Waals surface area (Å²) in [5, 5.41) is 10.3. The smallest absolute Gasteiger partial charge is 0.312 e. The summed E-state index contributed by atoms with van der Waals surface area (Å²) in [6, 6.07) is 6.24. The van der Waals surface area contributed by atoms with Crippen LogP contribution in [0.15, 0.2) is 36.9 Å². The summed E-state index contributed by atoms with van der Waals surface area (Å²) in [5.41, 5.74) is -0.287. The summed E-state index contributed by atoms with van der Waals surface area (Å²) in [7, 11) is 0. The van der Waals surface area contributed by atoms with Crippen molar-refractivity contribution in [1.82, 2.24) is 4.90 Å². The molecule has 9 heteroatoms. The molecule has 1 N–H and O–H groups in total. The minimum absolute atomic E-state index is 0.194. The van der Waals surface area contributed by atoms with Crippen molar-refractivity contribution in [2.45, 2.75) is 83.6 Å². The first kappa shape index (κ1) is 30.1. The van der Waals surface area contributed by atoms with Crippen molar-refractivity contribution in [1.29, 1.82) is 0 Å². The van der Waals surface area contributed by atoms with Gasteiger partial charge < -0.3 is 29.3 Å². The maximum atomic E-state index is 14.7. The first-order chi connectivity index (χ1) is 19.2. The number of rotatable bonds is 13. The molecule has 0 aliphatic carbocycles. The Kier molecular flexibility index (Phi) is 8.95. The zero-order valence-electron chi connectivity index (χ0n) is 24.6. The van der Waals surface area contributed by atoms with E-state index < -0.39 is 41.1 Å². The molecular weight excluding hydrogens is 510 g/mol. The first-order valence-corrected chi connectivity index (χ1v) is 14.8. The molecule has 2 unspecified atom stereocenters. The average molecular weight is 556 g/mol. The molecule has 6 atom stereocenters. The number of benzene rings is 1. The summed E-state index contributed by atoms with van der Waals surface area (Å²) in [6.45, 7) is 15.5. The third kappa shape index (κ3) is 4.51. The minimum Gasteiger partial charge on any atom is -0.466 e. The van der Waals surface area contributed by atoms with Crippen molar-refractivity contribution >= 4 is 29.2 Å². The summed E-state index contributed by atoms with van der Waals surface area (Å²) < 4.78 is 12.2. The highest BCUT2D eigenvalue weighted by Crippen LogP contribution is 2.65. The molecule has 3 fully saturated rings. The van der Waals surface area contributed by atoms with E-state index in [1.54, 1.807) is 17.9 Å². The van der Waals surface area contributed by atoms with Gasteiger partial charge in [0.2, 0.25) is 5.91 Å². The number of aliphatic hydroxyl groups is 1. The van der Waals surface area contributed by atoms with Crippen molar-refractivity contribution in [2.75, 3.05) is 42.6 Å². The van der Waals surface area contributed by atoms with Gasteiger partial charge in [-0.2, -0.15) is 0 Å². The van der Waals surface area contributed by atoms with Crippen LogP contribution in [0.3, 0.4) is 0 Å². The Balaban J connectivity index is 1.81. The van der Waals surface area contributed by atoms with E-state index in [0.717, 1.165) is 18.8 Å². The summed E-state index contributed by atoms with van der Waals surface area (Å²) >= 11 is 0. The molecule has 40 heavy (non-hydrogen) atoms. The van der Waals surface area contributed by atoms with Gasteiger partial charge in [0, 0.05) is 31.0 Å². The van der Waals surface area contributed by atoms with E-state index in [1.807, 2.05) is 38.1 Å². The predicted molar refractivity (Wildman–Crippen MR) is 154 cm³/mol. The summed E-state index contributed by atoms with van der Waals surface area (Å²) in [6.07, 6.45) is 3.69. The zero-order valence-corrected chi connectivity index (χ0v) is 24.6. The van der Waals surface area contributed by atoms with Crippen molar-refractivity contribution in [3.63, 3.8) is 0 Å².